The number of unbranched alkanes of at least 4 members (excludes halogenated alkanes) is 35. The van der Waals surface area contributed by atoms with Crippen LogP contribution in [0, 0.1) is 0 Å². The van der Waals surface area contributed by atoms with Crippen LogP contribution in [0.2, 0.25) is 0 Å². The number of phosphoric acid groups is 2. The van der Waals surface area contributed by atoms with Crippen LogP contribution in [0.4, 0.5) is 0 Å². The number of hydrogen-bond acceptors (Lipinski definition) is 15. The largest absolute Gasteiger partial charge is 0.472 e. The van der Waals surface area contributed by atoms with Crippen molar-refractivity contribution in [2.45, 2.75) is 380 Å². The highest BCUT2D eigenvalue weighted by Crippen LogP contribution is 2.45. The summed E-state index contributed by atoms with van der Waals surface area (Å²) in [6.07, 6.45) is 86.3. The minimum Gasteiger partial charge on any atom is -0.462 e. The molecule has 0 radical (unpaired) electrons. The van der Waals surface area contributed by atoms with Crippen molar-refractivity contribution in [2.75, 3.05) is 39.6 Å². The van der Waals surface area contributed by atoms with Crippen molar-refractivity contribution in [1.29, 1.82) is 0 Å². The van der Waals surface area contributed by atoms with E-state index in [0.717, 1.165) is 148 Å². The zero-order valence-corrected chi connectivity index (χ0v) is 68.9. The Labute approximate surface area is 645 Å². The maximum Gasteiger partial charge on any atom is 0.472 e. The van der Waals surface area contributed by atoms with Crippen LogP contribution < -0.4 is 0 Å². The van der Waals surface area contributed by atoms with E-state index in [9.17, 15) is 43.2 Å². The van der Waals surface area contributed by atoms with Crippen molar-refractivity contribution >= 4 is 39.5 Å². The van der Waals surface area contributed by atoms with Gasteiger partial charge in [-0.2, -0.15) is 0 Å². The number of aliphatic hydroxyl groups is 1. The second-order valence-corrected chi connectivity index (χ2v) is 30.9. The molecular weight excluding hydrogens is 1380 g/mol. The van der Waals surface area contributed by atoms with E-state index in [1.54, 1.807) is 0 Å². The van der Waals surface area contributed by atoms with Crippen molar-refractivity contribution in [3.63, 3.8) is 0 Å². The van der Waals surface area contributed by atoms with E-state index in [2.05, 4.69) is 125 Å². The number of allylic oxidation sites excluding steroid dienone is 18. The quantitative estimate of drug-likeness (QED) is 0.0169. The minimum absolute atomic E-state index is 0.0848. The molecule has 0 heterocycles. The maximum atomic E-state index is 13.1. The smallest absolute Gasteiger partial charge is 0.462 e. The number of rotatable bonds is 79. The van der Waals surface area contributed by atoms with E-state index < -0.39 is 97.5 Å². The average molecular weight is 1530 g/mol. The fourth-order valence-electron chi connectivity index (χ4n) is 11.4. The number of carbonyl (C=O) groups excluding carboxylic acids is 4. The first-order chi connectivity index (χ1) is 51.7. The van der Waals surface area contributed by atoms with Gasteiger partial charge in [-0.1, -0.05) is 343 Å². The van der Waals surface area contributed by atoms with Crippen molar-refractivity contribution in [3.8, 4) is 0 Å². The third-order valence-corrected chi connectivity index (χ3v) is 19.7. The van der Waals surface area contributed by atoms with Gasteiger partial charge in [-0.05, 0) is 103 Å². The van der Waals surface area contributed by atoms with Gasteiger partial charge >= 0.3 is 39.5 Å². The second-order valence-electron chi connectivity index (χ2n) is 28.0. The Bertz CT molecular complexity index is 2430. The number of ether oxygens (including phenoxy) is 4. The fourth-order valence-corrected chi connectivity index (χ4v) is 13.0. The SMILES string of the molecule is CC/C=C\C/C=C\C/C=C\C/C=C\C/C=C\CCCC(=O)OCC(COP(=O)(O)OCC(O)COP(=O)(O)OCC(COC(=O)CCCCCCCC/C=C\C/C=C\C/C=C\C/C=C\CC)OC(=O)CCCCCCCCCCCCCCCCC)OC(=O)CCCCCCCCCCCCCCCCC. The molecule has 0 aliphatic heterocycles. The van der Waals surface area contributed by atoms with E-state index in [0.29, 0.717) is 32.1 Å². The summed E-state index contributed by atoms with van der Waals surface area (Å²) in [6, 6.07) is 0. The third-order valence-electron chi connectivity index (χ3n) is 17.8. The van der Waals surface area contributed by atoms with Crippen LogP contribution in [-0.2, 0) is 65.4 Å². The Morgan fingerprint density at radius 2 is 0.500 bits per heavy atom. The highest BCUT2D eigenvalue weighted by atomic mass is 31.2. The topological polar surface area (TPSA) is 237 Å². The van der Waals surface area contributed by atoms with Gasteiger partial charge in [0.15, 0.2) is 12.2 Å². The molecule has 5 unspecified atom stereocenters. The molecule has 0 aromatic carbocycles. The fraction of sp³-hybridized carbons (Fsp3) is 0.747. The normalized spacial score (nSPS) is 14.4. The second kappa shape index (κ2) is 78.8. The minimum atomic E-state index is -4.99. The molecule has 0 rings (SSSR count). The van der Waals surface area contributed by atoms with Crippen molar-refractivity contribution in [2.24, 2.45) is 0 Å². The molecule has 0 aliphatic carbocycles. The van der Waals surface area contributed by atoms with Crippen LogP contribution in [0.3, 0.4) is 0 Å². The molecule has 19 heteroatoms. The van der Waals surface area contributed by atoms with E-state index in [1.165, 1.54) is 128 Å². The molecule has 0 amide bonds. The summed E-state index contributed by atoms with van der Waals surface area (Å²) in [5, 5.41) is 10.7. The molecule has 0 aromatic rings. The third kappa shape index (κ3) is 77.9. The van der Waals surface area contributed by atoms with Crippen LogP contribution >= 0.6 is 15.6 Å². The molecule has 0 aromatic heterocycles. The number of hydrogen-bond donors (Lipinski definition) is 3. The van der Waals surface area contributed by atoms with E-state index in [4.69, 9.17) is 37.0 Å². The summed E-state index contributed by atoms with van der Waals surface area (Å²) >= 11 is 0. The molecule has 612 valence electrons. The molecule has 0 saturated carbocycles. The Balaban J connectivity index is 5.39. The molecule has 5 atom stereocenters. The monoisotopic (exact) mass is 1530 g/mol. The Hall–Kier alpha value is -4.28. The van der Waals surface area contributed by atoms with E-state index in [-0.39, 0.29) is 25.7 Å². The van der Waals surface area contributed by atoms with E-state index >= 15 is 0 Å². The first kappa shape index (κ1) is 102. The lowest BCUT2D eigenvalue weighted by Gasteiger charge is -2.21. The maximum absolute atomic E-state index is 13.1. The van der Waals surface area contributed by atoms with Crippen molar-refractivity contribution in [1.82, 2.24) is 0 Å². The lowest BCUT2D eigenvalue weighted by molar-refractivity contribution is -0.161. The van der Waals surface area contributed by atoms with Crippen LogP contribution in [0.1, 0.15) is 362 Å². The van der Waals surface area contributed by atoms with Gasteiger partial charge in [-0.25, -0.2) is 9.13 Å². The Morgan fingerprint density at radius 1 is 0.274 bits per heavy atom. The van der Waals surface area contributed by atoms with Gasteiger partial charge in [0, 0.05) is 25.7 Å². The summed E-state index contributed by atoms with van der Waals surface area (Å²) < 4.78 is 68.7. The summed E-state index contributed by atoms with van der Waals surface area (Å²) in [6.45, 7) is 4.64. The summed E-state index contributed by atoms with van der Waals surface area (Å²) in [4.78, 5) is 73.2. The van der Waals surface area contributed by atoms with Crippen LogP contribution in [0.5, 0.6) is 0 Å². The van der Waals surface area contributed by atoms with Crippen LogP contribution in [0.15, 0.2) is 109 Å². The Kier molecular flexibility index (Phi) is 75.6. The van der Waals surface area contributed by atoms with Gasteiger partial charge < -0.3 is 33.8 Å². The molecular formula is C87H152O17P2. The number of aliphatic hydroxyl groups excluding tert-OH is 1. The van der Waals surface area contributed by atoms with Gasteiger partial charge in [-0.3, -0.25) is 37.3 Å². The lowest BCUT2D eigenvalue weighted by Crippen LogP contribution is -2.30. The van der Waals surface area contributed by atoms with E-state index in [1.807, 2.05) is 12.2 Å². The summed E-state index contributed by atoms with van der Waals surface area (Å²) in [7, 11) is -9.97. The van der Waals surface area contributed by atoms with Gasteiger partial charge in [0.1, 0.15) is 19.3 Å². The standard InChI is InChI=1S/C87H152O17P2/c1-5-9-13-17-21-25-29-33-37-39-40-42-46-48-52-56-60-64-68-72-85(90)98-78-83(104-87(92)74-70-66-62-58-54-50-44-36-32-28-24-20-16-12-8-4)80-102-106(95,96)100-76-81(88)75-99-105(93,94)101-79-82(103-86(91)73-69-65-61-57-53-49-43-35-31-27-23-19-15-11-7-3)77-97-84(89)71-67-63-59-55-51-47-45-41-38-34-30-26-22-18-14-10-6-2/h9-10,13-14,21-22,25-26,33-34,37-38,40,42,45,47,55,59,81-83,88H,5-8,11-12,15-20,23-24,27-32,35-36,39,41,43-44,46,48-54,56-58,60-80H2,1-4H3,(H,93,94)(H,95,96)/b13-9-,14-10-,25-21-,26-22-,37-33-,38-34-,42-40-,47-45-,59-55-. The molecule has 0 bridgehead atoms. The first-order valence-electron chi connectivity index (χ1n) is 42.1. The Morgan fingerprint density at radius 3 is 0.792 bits per heavy atom. The van der Waals surface area contributed by atoms with Gasteiger partial charge in [0.2, 0.25) is 0 Å². The molecule has 3 N–H and O–H groups in total. The van der Waals surface area contributed by atoms with Gasteiger partial charge in [-0.15, -0.1) is 0 Å². The molecule has 0 spiro atoms. The number of esters is 4. The predicted molar refractivity (Wildman–Crippen MR) is 436 cm³/mol. The summed E-state index contributed by atoms with van der Waals surface area (Å²) in [5.41, 5.74) is 0. The molecule has 0 saturated heterocycles. The zero-order valence-electron chi connectivity index (χ0n) is 67.1. The average Bonchev–Trinajstić information content (AvgIpc) is 0.928. The molecule has 0 fully saturated rings. The first-order valence-corrected chi connectivity index (χ1v) is 45.1. The number of phosphoric ester groups is 2. The highest BCUT2D eigenvalue weighted by Gasteiger charge is 2.30. The van der Waals surface area contributed by atoms with Crippen LogP contribution in [-0.4, -0.2) is 96.7 Å². The molecule has 0 aliphatic rings. The molecule has 17 nitrogen and oxygen atoms in total. The van der Waals surface area contributed by atoms with Gasteiger partial charge in [0.05, 0.1) is 26.4 Å². The summed E-state index contributed by atoms with van der Waals surface area (Å²) in [5.74, 6) is -2.23. The number of carbonyl (C=O) groups is 4. The zero-order chi connectivity index (χ0) is 77.4. The van der Waals surface area contributed by atoms with Gasteiger partial charge in [0.25, 0.3) is 0 Å². The predicted octanol–water partition coefficient (Wildman–Crippen LogP) is 24.9. The van der Waals surface area contributed by atoms with Crippen molar-refractivity contribution < 1.29 is 80.2 Å². The van der Waals surface area contributed by atoms with Crippen LogP contribution in [0.25, 0.3) is 0 Å². The lowest BCUT2D eigenvalue weighted by atomic mass is 10.0. The van der Waals surface area contributed by atoms with Crippen molar-refractivity contribution in [3.05, 3.63) is 109 Å². The highest BCUT2D eigenvalue weighted by molar-refractivity contribution is 7.47. The molecule has 106 heavy (non-hydrogen) atoms.